The van der Waals surface area contributed by atoms with Gasteiger partial charge in [-0.3, -0.25) is 4.79 Å². The lowest BCUT2D eigenvalue weighted by Gasteiger charge is -2.04. The van der Waals surface area contributed by atoms with Gasteiger partial charge in [0.1, 0.15) is 11.9 Å². The van der Waals surface area contributed by atoms with Crippen LogP contribution in [0.5, 0.6) is 0 Å². The number of aliphatic carboxylic acids is 1. The van der Waals surface area contributed by atoms with E-state index in [0.29, 0.717) is 0 Å². The molecule has 1 atom stereocenters. The van der Waals surface area contributed by atoms with Crippen molar-refractivity contribution in [2.24, 2.45) is 5.73 Å². The molecule has 0 aliphatic heterocycles. The molecule has 0 amide bonds. The van der Waals surface area contributed by atoms with Crippen LogP contribution in [0, 0.1) is 5.82 Å². The van der Waals surface area contributed by atoms with Crippen LogP contribution in [-0.4, -0.2) is 17.1 Å². The number of hydrogen-bond donors (Lipinski definition) is 2. The first-order chi connectivity index (χ1) is 7.58. The Balaban J connectivity index is 2.37. The molecular formula is C11H10FNO2S. The van der Waals surface area contributed by atoms with E-state index in [0.717, 1.165) is 15.6 Å². The monoisotopic (exact) mass is 239 g/mol. The first-order valence-corrected chi connectivity index (χ1v) is 5.60. The van der Waals surface area contributed by atoms with Crippen molar-refractivity contribution in [3.05, 3.63) is 35.0 Å². The van der Waals surface area contributed by atoms with Crippen LogP contribution in [0.2, 0.25) is 0 Å². The Labute approximate surface area is 95.3 Å². The van der Waals surface area contributed by atoms with Gasteiger partial charge in [-0.05, 0) is 40.9 Å². The summed E-state index contributed by atoms with van der Waals surface area (Å²) < 4.78 is 14.0. The van der Waals surface area contributed by atoms with Gasteiger partial charge in [0.2, 0.25) is 0 Å². The number of carboxylic acid groups (broad SMARTS) is 1. The smallest absolute Gasteiger partial charge is 0.320 e. The molecule has 0 radical (unpaired) electrons. The van der Waals surface area contributed by atoms with E-state index in [1.165, 1.54) is 23.5 Å². The minimum atomic E-state index is -1.05. The van der Waals surface area contributed by atoms with Crippen LogP contribution < -0.4 is 5.73 Å². The van der Waals surface area contributed by atoms with Crippen molar-refractivity contribution >= 4 is 27.4 Å². The first kappa shape index (κ1) is 11.0. The van der Waals surface area contributed by atoms with E-state index in [2.05, 4.69) is 0 Å². The summed E-state index contributed by atoms with van der Waals surface area (Å²) in [5, 5.41) is 11.3. The van der Waals surface area contributed by atoms with Crippen molar-refractivity contribution in [3.63, 3.8) is 0 Å². The van der Waals surface area contributed by atoms with Gasteiger partial charge in [0, 0.05) is 4.70 Å². The third-order valence-corrected chi connectivity index (χ3v) is 3.39. The minimum Gasteiger partial charge on any atom is -0.480 e. The molecule has 2 aromatic rings. The zero-order chi connectivity index (χ0) is 11.7. The predicted molar refractivity (Wildman–Crippen MR) is 61.1 cm³/mol. The lowest BCUT2D eigenvalue weighted by Crippen LogP contribution is -2.32. The molecule has 1 heterocycles. The van der Waals surface area contributed by atoms with E-state index in [9.17, 15) is 9.18 Å². The molecule has 0 bridgehead atoms. The lowest BCUT2D eigenvalue weighted by molar-refractivity contribution is -0.138. The molecule has 2 rings (SSSR count). The van der Waals surface area contributed by atoms with Crippen molar-refractivity contribution < 1.29 is 14.3 Å². The average Bonchev–Trinajstić information content (AvgIpc) is 2.61. The van der Waals surface area contributed by atoms with Gasteiger partial charge in [-0.25, -0.2) is 4.39 Å². The molecule has 0 saturated carbocycles. The molecule has 0 aliphatic carbocycles. The van der Waals surface area contributed by atoms with Crippen LogP contribution >= 0.6 is 11.3 Å². The molecule has 0 unspecified atom stereocenters. The van der Waals surface area contributed by atoms with E-state index in [1.807, 2.05) is 5.38 Å². The van der Waals surface area contributed by atoms with Gasteiger partial charge >= 0.3 is 5.97 Å². The Kier molecular flexibility index (Phi) is 2.89. The number of nitrogens with two attached hydrogens (primary N) is 1. The molecule has 3 nitrogen and oxygen atoms in total. The van der Waals surface area contributed by atoms with E-state index in [1.54, 1.807) is 6.07 Å². The second-order valence-corrected chi connectivity index (χ2v) is 4.46. The van der Waals surface area contributed by atoms with Crippen LogP contribution in [-0.2, 0) is 11.2 Å². The largest absolute Gasteiger partial charge is 0.480 e. The van der Waals surface area contributed by atoms with Crippen LogP contribution in [0.25, 0.3) is 10.1 Å². The van der Waals surface area contributed by atoms with Crippen molar-refractivity contribution in [1.82, 2.24) is 0 Å². The fourth-order valence-corrected chi connectivity index (χ4v) is 2.49. The highest BCUT2D eigenvalue weighted by Crippen LogP contribution is 2.27. The van der Waals surface area contributed by atoms with Gasteiger partial charge in [0.25, 0.3) is 0 Å². The Morgan fingerprint density at radius 2 is 2.31 bits per heavy atom. The molecule has 0 spiro atoms. The topological polar surface area (TPSA) is 63.3 Å². The molecule has 5 heteroatoms. The number of rotatable bonds is 3. The van der Waals surface area contributed by atoms with E-state index < -0.39 is 12.0 Å². The Morgan fingerprint density at radius 3 is 3.00 bits per heavy atom. The van der Waals surface area contributed by atoms with Gasteiger partial charge in [-0.15, -0.1) is 11.3 Å². The van der Waals surface area contributed by atoms with Crippen molar-refractivity contribution in [2.45, 2.75) is 12.5 Å². The standard InChI is InChI=1S/C11H10FNO2S/c12-7-1-2-10-8(4-7)6(5-16-10)3-9(13)11(14)15/h1-2,4-5,9H,3,13H2,(H,14,15)/t9-/m0/s1. The molecule has 1 aromatic heterocycles. The lowest BCUT2D eigenvalue weighted by atomic mass is 10.1. The normalized spacial score (nSPS) is 12.9. The maximum atomic E-state index is 13.0. The van der Waals surface area contributed by atoms with Gasteiger partial charge in [0.15, 0.2) is 0 Å². The fraction of sp³-hybridized carbons (Fsp3) is 0.182. The summed E-state index contributed by atoms with van der Waals surface area (Å²) in [6.07, 6.45) is 0.221. The molecule has 1 aromatic carbocycles. The summed E-state index contributed by atoms with van der Waals surface area (Å²) in [5.41, 5.74) is 6.23. The summed E-state index contributed by atoms with van der Waals surface area (Å²) in [7, 11) is 0. The number of hydrogen-bond acceptors (Lipinski definition) is 3. The van der Waals surface area contributed by atoms with E-state index in [-0.39, 0.29) is 12.2 Å². The van der Waals surface area contributed by atoms with Gasteiger partial charge in [0.05, 0.1) is 0 Å². The fourth-order valence-electron chi connectivity index (χ4n) is 1.54. The SMILES string of the molecule is N[C@@H](Cc1csc2ccc(F)cc12)C(=O)O. The highest BCUT2D eigenvalue weighted by atomic mass is 32.1. The van der Waals surface area contributed by atoms with E-state index >= 15 is 0 Å². The molecule has 0 saturated heterocycles. The van der Waals surface area contributed by atoms with Crippen molar-refractivity contribution in [2.75, 3.05) is 0 Å². The quantitative estimate of drug-likeness (QED) is 0.861. The summed E-state index contributed by atoms with van der Waals surface area (Å²) in [6, 6.07) is 3.54. The molecule has 0 fully saturated rings. The number of halogens is 1. The Morgan fingerprint density at radius 1 is 1.56 bits per heavy atom. The Bertz CT molecular complexity index is 538. The number of carboxylic acids is 1. The summed E-state index contributed by atoms with van der Waals surface area (Å²) in [5.74, 6) is -1.37. The van der Waals surface area contributed by atoms with Crippen molar-refractivity contribution in [1.29, 1.82) is 0 Å². The number of benzene rings is 1. The second-order valence-electron chi connectivity index (χ2n) is 3.55. The average molecular weight is 239 g/mol. The number of fused-ring (bicyclic) bond motifs is 1. The third-order valence-electron chi connectivity index (χ3n) is 2.37. The van der Waals surface area contributed by atoms with Crippen LogP contribution in [0.1, 0.15) is 5.56 Å². The predicted octanol–water partition coefficient (Wildman–Crippen LogP) is 1.99. The molecular weight excluding hydrogens is 229 g/mol. The van der Waals surface area contributed by atoms with Gasteiger partial charge in [-0.2, -0.15) is 0 Å². The maximum Gasteiger partial charge on any atom is 0.320 e. The van der Waals surface area contributed by atoms with Crippen LogP contribution in [0.3, 0.4) is 0 Å². The van der Waals surface area contributed by atoms with Crippen LogP contribution in [0.15, 0.2) is 23.6 Å². The number of thiophene rings is 1. The van der Waals surface area contributed by atoms with Gasteiger partial charge < -0.3 is 10.8 Å². The summed E-state index contributed by atoms with van der Waals surface area (Å²) >= 11 is 1.46. The number of carbonyl (C=O) groups is 1. The van der Waals surface area contributed by atoms with Crippen LogP contribution in [0.4, 0.5) is 4.39 Å². The first-order valence-electron chi connectivity index (χ1n) is 4.72. The van der Waals surface area contributed by atoms with Gasteiger partial charge in [-0.1, -0.05) is 0 Å². The minimum absolute atomic E-state index is 0.221. The zero-order valence-electron chi connectivity index (χ0n) is 8.31. The molecule has 16 heavy (non-hydrogen) atoms. The third kappa shape index (κ3) is 2.05. The molecule has 84 valence electrons. The van der Waals surface area contributed by atoms with E-state index in [4.69, 9.17) is 10.8 Å². The van der Waals surface area contributed by atoms with Crippen molar-refractivity contribution in [3.8, 4) is 0 Å². The Hall–Kier alpha value is -1.46. The highest BCUT2D eigenvalue weighted by molar-refractivity contribution is 7.17. The molecule has 0 aliphatic rings. The summed E-state index contributed by atoms with van der Waals surface area (Å²) in [6.45, 7) is 0. The maximum absolute atomic E-state index is 13.0. The summed E-state index contributed by atoms with van der Waals surface area (Å²) in [4.78, 5) is 10.6. The highest BCUT2D eigenvalue weighted by Gasteiger charge is 2.15. The molecule has 3 N–H and O–H groups in total. The second kappa shape index (κ2) is 4.19. The zero-order valence-corrected chi connectivity index (χ0v) is 9.13.